The van der Waals surface area contributed by atoms with E-state index >= 15 is 0 Å². The molecule has 0 bridgehead atoms. The van der Waals surface area contributed by atoms with Crippen molar-refractivity contribution < 1.29 is 13.6 Å². The lowest BCUT2D eigenvalue weighted by atomic mass is 10.0. The van der Waals surface area contributed by atoms with Gasteiger partial charge in [-0.25, -0.2) is 4.39 Å². The van der Waals surface area contributed by atoms with Gasteiger partial charge < -0.3 is 9.32 Å². The molecule has 4 nitrogen and oxygen atoms in total. The molecular formula is C24H25FN2O2. The second-order valence-electron chi connectivity index (χ2n) is 7.49. The minimum Gasteiger partial charge on any atom is -0.467 e. The first kappa shape index (κ1) is 19.4. The molecule has 1 saturated heterocycles. The third-order valence-corrected chi connectivity index (χ3v) is 5.45. The third kappa shape index (κ3) is 4.93. The van der Waals surface area contributed by atoms with E-state index in [1.54, 1.807) is 6.26 Å². The topological polar surface area (TPSA) is 36.7 Å². The number of carbonyl (C=O) groups is 1. The van der Waals surface area contributed by atoms with Gasteiger partial charge in [-0.1, -0.05) is 42.5 Å². The molecule has 4 rings (SSSR count). The van der Waals surface area contributed by atoms with Crippen LogP contribution in [0.3, 0.4) is 0 Å². The number of hydrogen-bond acceptors (Lipinski definition) is 3. The Hall–Kier alpha value is -2.92. The highest BCUT2D eigenvalue weighted by Crippen LogP contribution is 2.32. The van der Waals surface area contributed by atoms with E-state index in [4.69, 9.17) is 4.42 Å². The molecule has 1 aliphatic heterocycles. The quantitative estimate of drug-likeness (QED) is 0.580. The lowest BCUT2D eigenvalue weighted by Crippen LogP contribution is -2.39. The fourth-order valence-corrected chi connectivity index (χ4v) is 3.98. The molecule has 5 heteroatoms. The average molecular weight is 392 g/mol. The maximum Gasteiger partial charge on any atom is 0.237 e. The number of nitrogens with zero attached hydrogens (tertiary/aromatic N) is 2. The summed E-state index contributed by atoms with van der Waals surface area (Å²) in [4.78, 5) is 17.3. The Morgan fingerprint density at radius 1 is 1.03 bits per heavy atom. The summed E-state index contributed by atoms with van der Waals surface area (Å²) in [7, 11) is 0. The van der Waals surface area contributed by atoms with Crippen molar-refractivity contribution in [3.8, 4) is 0 Å². The van der Waals surface area contributed by atoms with Gasteiger partial charge in [0, 0.05) is 12.6 Å². The predicted octanol–water partition coefficient (Wildman–Crippen LogP) is 4.78. The lowest BCUT2D eigenvalue weighted by molar-refractivity contribution is -0.134. The molecule has 150 valence electrons. The molecule has 1 amide bonds. The van der Waals surface area contributed by atoms with Crippen molar-refractivity contribution in [1.82, 2.24) is 9.80 Å². The van der Waals surface area contributed by atoms with Gasteiger partial charge in [0.1, 0.15) is 11.6 Å². The first-order chi connectivity index (χ1) is 14.2. The van der Waals surface area contributed by atoms with Gasteiger partial charge in [0.15, 0.2) is 0 Å². The van der Waals surface area contributed by atoms with Crippen molar-refractivity contribution >= 4 is 5.91 Å². The number of hydrogen-bond donors (Lipinski definition) is 0. The summed E-state index contributed by atoms with van der Waals surface area (Å²) in [5.74, 6) is 0.604. The van der Waals surface area contributed by atoms with Gasteiger partial charge in [-0.2, -0.15) is 0 Å². The number of rotatable bonds is 7. The number of benzene rings is 2. The van der Waals surface area contributed by atoms with E-state index in [2.05, 4.69) is 4.90 Å². The monoisotopic (exact) mass is 392 g/mol. The Bertz CT molecular complexity index is 910. The zero-order valence-corrected chi connectivity index (χ0v) is 16.3. The van der Waals surface area contributed by atoms with Gasteiger partial charge in [-0.3, -0.25) is 9.69 Å². The van der Waals surface area contributed by atoms with Crippen LogP contribution in [0.5, 0.6) is 0 Å². The Morgan fingerprint density at radius 2 is 1.83 bits per heavy atom. The number of likely N-dealkylation sites (tertiary alicyclic amines) is 1. The third-order valence-electron chi connectivity index (χ3n) is 5.45. The van der Waals surface area contributed by atoms with Crippen LogP contribution in [0.15, 0.2) is 77.4 Å². The molecule has 0 N–H and O–H groups in total. The minimum absolute atomic E-state index is 0.0688. The first-order valence-electron chi connectivity index (χ1n) is 10.0. The van der Waals surface area contributed by atoms with Crippen LogP contribution in [0, 0.1) is 5.82 Å². The first-order valence-corrected chi connectivity index (χ1v) is 10.0. The van der Waals surface area contributed by atoms with E-state index in [1.807, 2.05) is 59.5 Å². The van der Waals surface area contributed by atoms with Gasteiger partial charge in [0.05, 0.1) is 19.4 Å². The molecule has 0 aliphatic carbocycles. The second kappa shape index (κ2) is 9.05. The summed E-state index contributed by atoms with van der Waals surface area (Å²) in [5, 5.41) is 0. The van der Waals surface area contributed by atoms with Crippen molar-refractivity contribution in [2.24, 2.45) is 0 Å². The summed E-state index contributed by atoms with van der Waals surface area (Å²) in [6.45, 7) is 2.19. The molecule has 0 spiro atoms. The SMILES string of the molecule is O=C(CN1CCCC1c1ccc(F)cc1)N(Cc1ccccc1)Cc1ccco1. The van der Waals surface area contributed by atoms with Crippen molar-refractivity contribution in [1.29, 1.82) is 0 Å². The van der Waals surface area contributed by atoms with Crippen molar-refractivity contribution in [3.63, 3.8) is 0 Å². The van der Waals surface area contributed by atoms with E-state index < -0.39 is 0 Å². The van der Waals surface area contributed by atoms with Crippen molar-refractivity contribution in [2.75, 3.05) is 13.1 Å². The molecule has 2 aromatic carbocycles. The van der Waals surface area contributed by atoms with E-state index in [0.29, 0.717) is 19.6 Å². The molecular weight excluding hydrogens is 367 g/mol. The smallest absolute Gasteiger partial charge is 0.237 e. The zero-order valence-electron chi connectivity index (χ0n) is 16.3. The summed E-state index contributed by atoms with van der Waals surface area (Å²) >= 11 is 0. The summed E-state index contributed by atoms with van der Waals surface area (Å²) in [6, 6.07) is 20.5. The number of carbonyl (C=O) groups excluding carboxylic acids is 1. The van der Waals surface area contributed by atoms with Gasteiger partial charge in [0.25, 0.3) is 0 Å². The fourth-order valence-electron chi connectivity index (χ4n) is 3.98. The van der Waals surface area contributed by atoms with Crippen LogP contribution in [0.1, 0.15) is 35.8 Å². The van der Waals surface area contributed by atoms with Crippen LogP contribution in [0.2, 0.25) is 0 Å². The normalized spacial score (nSPS) is 16.8. The maximum atomic E-state index is 13.3. The van der Waals surface area contributed by atoms with Crippen LogP contribution in [0.4, 0.5) is 4.39 Å². The predicted molar refractivity (Wildman–Crippen MR) is 109 cm³/mol. The van der Waals surface area contributed by atoms with Crippen LogP contribution < -0.4 is 0 Å². The Kier molecular flexibility index (Phi) is 6.06. The number of halogens is 1. The van der Waals surface area contributed by atoms with E-state index in [0.717, 1.165) is 36.3 Å². The highest BCUT2D eigenvalue weighted by molar-refractivity contribution is 5.78. The van der Waals surface area contributed by atoms with Gasteiger partial charge in [-0.05, 0) is 54.8 Å². The fraction of sp³-hybridized carbons (Fsp3) is 0.292. The van der Waals surface area contributed by atoms with E-state index in [9.17, 15) is 9.18 Å². The highest BCUT2D eigenvalue weighted by atomic mass is 19.1. The van der Waals surface area contributed by atoms with Crippen molar-refractivity contribution in [3.05, 3.63) is 95.7 Å². The van der Waals surface area contributed by atoms with Crippen LogP contribution in [0.25, 0.3) is 0 Å². The Morgan fingerprint density at radius 3 is 2.55 bits per heavy atom. The van der Waals surface area contributed by atoms with Crippen LogP contribution in [-0.4, -0.2) is 28.8 Å². The van der Waals surface area contributed by atoms with Gasteiger partial charge in [0.2, 0.25) is 5.91 Å². The molecule has 1 atom stereocenters. The minimum atomic E-state index is -0.234. The average Bonchev–Trinajstić information content (AvgIpc) is 3.41. The molecule has 0 saturated carbocycles. The molecule has 1 aliphatic rings. The molecule has 3 aromatic rings. The van der Waals surface area contributed by atoms with E-state index in [-0.39, 0.29) is 17.8 Å². The number of furan rings is 1. The Balaban J connectivity index is 1.48. The summed E-state index contributed by atoms with van der Waals surface area (Å²) < 4.78 is 18.8. The molecule has 0 radical (unpaired) electrons. The second-order valence-corrected chi connectivity index (χ2v) is 7.49. The summed E-state index contributed by atoms with van der Waals surface area (Å²) in [5.41, 5.74) is 2.15. The lowest BCUT2D eigenvalue weighted by Gasteiger charge is -2.28. The molecule has 1 aromatic heterocycles. The van der Waals surface area contributed by atoms with Gasteiger partial charge in [-0.15, -0.1) is 0 Å². The van der Waals surface area contributed by atoms with Gasteiger partial charge >= 0.3 is 0 Å². The largest absolute Gasteiger partial charge is 0.467 e. The molecule has 2 heterocycles. The van der Waals surface area contributed by atoms with Crippen LogP contribution >= 0.6 is 0 Å². The maximum absolute atomic E-state index is 13.3. The van der Waals surface area contributed by atoms with E-state index in [1.165, 1.54) is 12.1 Å². The molecule has 1 fully saturated rings. The molecule has 1 unspecified atom stereocenters. The Labute approximate surface area is 170 Å². The van der Waals surface area contributed by atoms with Crippen molar-refractivity contribution in [2.45, 2.75) is 32.0 Å². The zero-order chi connectivity index (χ0) is 20.1. The highest BCUT2D eigenvalue weighted by Gasteiger charge is 2.29. The summed E-state index contributed by atoms with van der Waals surface area (Å²) in [6.07, 6.45) is 3.65. The standard InChI is InChI=1S/C24H25FN2O2/c25-21-12-10-20(11-13-21)23-9-4-14-26(23)18-24(28)27(17-22-8-5-15-29-22)16-19-6-2-1-3-7-19/h1-3,5-8,10-13,15,23H,4,9,14,16-18H2. The number of amides is 1. The van der Waals surface area contributed by atoms with Crippen LogP contribution in [-0.2, 0) is 17.9 Å². The molecule has 29 heavy (non-hydrogen) atoms.